The van der Waals surface area contributed by atoms with Crippen molar-refractivity contribution in [3.63, 3.8) is 0 Å². The number of aromatic nitrogens is 1. The molecule has 2 aromatic heterocycles. The molecule has 1 atom stereocenters. The quantitative estimate of drug-likeness (QED) is 0.464. The molecule has 3 heterocycles. The Balaban J connectivity index is 1.57. The van der Waals surface area contributed by atoms with E-state index in [4.69, 9.17) is 9.15 Å². The summed E-state index contributed by atoms with van der Waals surface area (Å²) in [5.74, 6) is -1.66. The van der Waals surface area contributed by atoms with Gasteiger partial charge in [-0.15, -0.1) is 0 Å². The van der Waals surface area contributed by atoms with Crippen LogP contribution in [0.2, 0.25) is 0 Å². The van der Waals surface area contributed by atoms with E-state index in [1.54, 1.807) is 12.1 Å². The first kappa shape index (κ1) is 18.2. The van der Waals surface area contributed by atoms with Crippen molar-refractivity contribution in [1.82, 2.24) is 4.98 Å². The molecule has 5 nitrogen and oxygen atoms in total. The fraction of sp³-hybridized carbons (Fsp3) is 0.238. The first-order valence-corrected chi connectivity index (χ1v) is 10.1. The maximum atomic E-state index is 14.1. The molecule has 1 saturated heterocycles. The third-order valence-electron chi connectivity index (χ3n) is 4.92. The lowest BCUT2D eigenvalue weighted by Crippen LogP contribution is -2.37. The second-order valence-corrected chi connectivity index (χ2v) is 7.94. The number of halogens is 2. The Bertz CT molecular complexity index is 1180. The zero-order valence-corrected chi connectivity index (χ0v) is 16.0. The van der Waals surface area contributed by atoms with Gasteiger partial charge in [0, 0.05) is 18.1 Å². The van der Waals surface area contributed by atoms with Gasteiger partial charge in [-0.3, -0.25) is 9.69 Å². The largest absolute Gasteiger partial charge is 0.451 e. The van der Waals surface area contributed by atoms with E-state index >= 15 is 0 Å². The Hall–Kier alpha value is -2.84. The van der Waals surface area contributed by atoms with Gasteiger partial charge in [-0.1, -0.05) is 29.5 Å². The first-order chi connectivity index (χ1) is 14.1. The molecule has 5 rings (SSSR count). The van der Waals surface area contributed by atoms with Crippen LogP contribution in [-0.2, 0) is 4.74 Å². The fourth-order valence-corrected chi connectivity index (χ4v) is 4.53. The lowest BCUT2D eigenvalue weighted by molar-refractivity contribution is 0.0896. The summed E-state index contributed by atoms with van der Waals surface area (Å²) in [4.78, 5) is 19.0. The smallest absolute Gasteiger partial charge is 0.295 e. The number of thiazole rings is 1. The van der Waals surface area contributed by atoms with Crippen LogP contribution >= 0.6 is 11.3 Å². The van der Waals surface area contributed by atoms with Crippen LogP contribution in [0, 0.1) is 11.6 Å². The van der Waals surface area contributed by atoms with Crippen molar-refractivity contribution in [1.29, 1.82) is 0 Å². The van der Waals surface area contributed by atoms with Gasteiger partial charge in [0.1, 0.15) is 16.9 Å². The zero-order chi connectivity index (χ0) is 20.0. The van der Waals surface area contributed by atoms with E-state index in [1.165, 1.54) is 11.0 Å². The summed E-state index contributed by atoms with van der Waals surface area (Å²) < 4.78 is 39.5. The van der Waals surface area contributed by atoms with Crippen molar-refractivity contribution >= 4 is 43.6 Å². The minimum Gasteiger partial charge on any atom is -0.451 e. The van der Waals surface area contributed by atoms with E-state index in [0.717, 1.165) is 35.6 Å². The summed E-state index contributed by atoms with van der Waals surface area (Å²) in [5.41, 5.74) is 0.645. The number of rotatable bonds is 4. The number of nitrogens with zero attached hydrogens (tertiary/aromatic N) is 2. The molecule has 0 saturated carbocycles. The molecule has 4 aromatic rings. The van der Waals surface area contributed by atoms with Crippen LogP contribution < -0.4 is 4.90 Å². The number of carbonyl (C=O) groups is 1. The first-order valence-electron chi connectivity index (χ1n) is 9.26. The topological polar surface area (TPSA) is 55.6 Å². The van der Waals surface area contributed by atoms with Gasteiger partial charge in [0.25, 0.3) is 5.91 Å². The third kappa shape index (κ3) is 3.38. The SMILES string of the molecule is O=C(c1cc2ccccc2o1)N(C[C@@H]1CCCO1)c1nc2c(F)cc(F)cc2s1. The van der Waals surface area contributed by atoms with E-state index in [2.05, 4.69) is 4.98 Å². The molecule has 29 heavy (non-hydrogen) atoms. The number of furan rings is 1. The van der Waals surface area contributed by atoms with Gasteiger partial charge in [0.15, 0.2) is 16.7 Å². The van der Waals surface area contributed by atoms with Crippen LogP contribution in [0.1, 0.15) is 23.4 Å². The average molecular weight is 414 g/mol. The number of carbonyl (C=O) groups excluding carboxylic acids is 1. The van der Waals surface area contributed by atoms with Crippen molar-refractivity contribution in [3.8, 4) is 0 Å². The maximum Gasteiger partial charge on any atom is 0.295 e. The lowest BCUT2D eigenvalue weighted by atomic mass is 10.2. The molecule has 1 aliphatic heterocycles. The summed E-state index contributed by atoms with van der Waals surface area (Å²) in [6.07, 6.45) is 1.59. The summed E-state index contributed by atoms with van der Waals surface area (Å²) in [5, 5.41) is 1.09. The number of anilines is 1. The summed E-state index contributed by atoms with van der Waals surface area (Å²) in [6, 6.07) is 11.0. The van der Waals surface area contributed by atoms with Crippen LogP contribution in [0.15, 0.2) is 46.9 Å². The van der Waals surface area contributed by atoms with Crippen molar-refractivity contribution in [3.05, 3.63) is 59.9 Å². The van der Waals surface area contributed by atoms with E-state index in [9.17, 15) is 13.6 Å². The second-order valence-electron chi connectivity index (χ2n) is 6.93. The highest BCUT2D eigenvalue weighted by atomic mass is 32.1. The van der Waals surface area contributed by atoms with E-state index < -0.39 is 17.5 Å². The molecule has 148 valence electrons. The molecule has 0 bridgehead atoms. The summed E-state index contributed by atoms with van der Waals surface area (Å²) in [7, 11) is 0. The Morgan fingerprint density at radius 2 is 2.10 bits per heavy atom. The average Bonchev–Trinajstić information content (AvgIpc) is 3.44. The molecule has 1 aliphatic rings. The molecular weight excluding hydrogens is 398 g/mol. The normalized spacial score (nSPS) is 16.7. The van der Waals surface area contributed by atoms with Crippen molar-refractivity contribution in [2.24, 2.45) is 0 Å². The number of hydrogen-bond donors (Lipinski definition) is 0. The Morgan fingerprint density at radius 3 is 2.90 bits per heavy atom. The van der Waals surface area contributed by atoms with E-state index in [0.29, 0.717) is 16.9 Å². The van der Waals surface area contributed by atoms with Gasteiger partial charge < -0.3 is 9.15 Å². The summed E-state index contributed by atoms with van der Waals surface area (Å²) >= 11 is 1.06. The molecule has 1 fully saturated rings. The van der Waals surface area contributed by atoms with E-state index in [-0.39, 0.29) is 29.1 Å². The number of hydrogen-bond acceptors (Lipinski definition) is 5. The van der Waals surface area contributed by atoms with Crippen LogP contribution in [-0.4, -0.2) is 30.1 Å². The van der Waals surface area contributed by atoms with E-state index in [1.807, 2.05) is 18.2 Å². The minimum atomic E-state index is -0.754. The van der Waals surface area contributed by atoms with Gasteiger partial charge in [0.05, 0.1) is 17.3 Å². The Labute approximate surface area is 168 Å². The fourth-order valence-electron chi connectivity index (χ4n) is 3.52. The monoisotopic (exact) mass is 414 g/mol. The molecular formula is C21H16F2N2O3S. The highest BCUT2D eigenvalue weighted by Crippen LogP contribution is 2.33. The van der Waals surface area contributed by atoms with Crippen molar-refractivity contribution < 1.29 is 22.7 Å². The highest BCUT2D eigenvalue weighted by Gasteiger charge is 2.29. The number of ether oxygens (including phenoxy) is 1. The van der Waals surface area contributed by atoms with Crippen LogP contribution in [0.4, 0.5) is 13.9 Å². The maximum absolute atomic E-state index is 14.1. The van der Waals surface area contributed by atoms with Crippen LogP contribution in [0.25, 0.3) is 21.2 Å². The highest BCUT2D eigenvalue weighted by molar-refractivity contribution is 7.22. The molecule has 0 radical (unpaired) electrons. The Kier molecular flexibility index (Phi) is 4.52. The molecule has 1 amide bonds. The molecule has 8 heteroatoms. The van der Waals surface area contributed by atoms with Gasteiger partial charge in [-0.2, -0.15) is 0 Å². The van der Waals surface area contributed by atoms with Crippen LogP contribution in [0.3, 0.4) is 0 Å². The number of para-hydroxylation sites is 1. The standard InChI is InChI=1S/C21H16F2N2O3S/c22-13-9-15(23)19-18(10-13)29-21(24-19)25(11-14-5-3-7-27-14)20(26)17-8-12-4-1-2-6-16(12)28-17/h1-2,4,6,8-10,14H,3,5,7,11H2/t14-/m0/s1. The predicted octanol–water partition coefficient (Wildman–Crippen LogP) is 5.15. The zero-order valence-electron chi connectivity index (χ0n) is 15.2. The van der Waals surface area contributed by atoms with Gasteiger partial charge in [0.2, 0.25) is 0 Å². The molecule has 0 N–H and O–H groups in total. The molecule has 2 aromatic carbocycles. The number of amides is 1. The molecule has 0 spiro atoms. The third-order valence-corrected chi connectivity index (χ3v) is 5.95. The number of benzene rings is 2. The predicted molar refractivity (Wildman–Crippen MR) is 106 cm³/mol. The number of fused-ring (bicyclic) bond motifs is 2. The van der Waals surface area contributed by atoms with Crippen molar-refractivity contribution in [2.75, 3.05) is 18.1 Å². The van der Waals surface area contributed by atoms with Gasteiger partial charge in [-0.25, -0.2) is 13.8 Å². The molecule has 0 aliphatic carbocycles. The van der Waals surface area contributed by atoms with Crippen LogP contribution in [0.5, 0.6) is 0 Å². The lowest BCUT2D eigenvalue weighted by Gasteiger charge is -2.22. The molecule has 0 unspecified atom stereocenters. The summed E-state index contributed by atoms with van der Waals surface area (Å²) in [6.45, 7) is 0.900. The second kappa shape index (κ2) is 7.20. The van der Waals surface area contributed by atoms with Crippen molar-refractivity contribution in [2.45, 2.75) is 18.9 Å². The van der Waals surface area contributed by atoms with Gasteiger partial charge in [-0.05, 0) is 31.0 Å². The minimum absolute atomic E-state index is 0.0427. The van der Waals surface area contributed by atoms with Gasteiger partial charge >= 0.3 is 0 Å². The Morgan fingerprint density at radius 1 is 1.24 bits per heavy atom.